The Hall–Kier alpha value is -3.33. The lowest BCUT2D eigenvalue weighted by molar-refractivity contribution is 0.242. The number of benzene rings is 2. The van der Waals surface area contributed by atoms with Crippen molar-refractivity contribution in [1.82, 2.24) is 15.3 Å². The van der Waals surface area contributed by atoms with E-state index in [1.165, 1.54) is 0 Å². The van der Waals surface area contributed by atoms with Crippen LogP contribution in [0.1, 0.15) is 43.0 Å². The molecule has 4 rings (SSSR count). The zero-order valence-electron chi connectivity index (χ0n) is 14.9. The molecular weight excluding hydrogens is 338 g/mol. The number of imidazole rings is 1. The van der Waals surface area contributed by atoms with Crippen molar-refractivity contribution in [1.29, 1.82) is 5.26 Å². The lowest BCUT2D eigenvalue weighted by atomic mass is 9.85. The first-order valence-corrected chi connectivity index (χ1v) is 9.23. The van der Waals surface area contributed by atoms with Gasteiger partial charge in [-0.25, -0.2) is 9.78 Å². The maximum Gasteiger partial charge on any atom is 0.319 e. The number of hydrogen-bond acceptors (Lipinski definition) is 3. The number of fused-ring (bicyclic) bond motifs is 1. The Morgan fingerprint density at radius 1 is 1.19 bits per heavy atom. The minimum Gasteiger partial charge on any atom is -0.342 e. The molecule has 0 radical (unpaired) electrons. The van der Waals surface area contributed by atoms with E-state index in [9.17, 15) is 4.79 Å². The van der Waals surface area contributed by atoms with E-state index in [0.29, 0.717) is 17.2 Å². The molecule has 1 unspecified atom stereocenters. The van der Waals surface area contributed by atoms with E-state index >= 15 is 0 Å². The van der Waals surface area contributed by atoms with E-state index in [0.717, 1.165) is 42.5 Å². The molecule has 2 atom stereocenters. The van der Waals surface area contributed by atoms with Crippen LogP contribution in [-0.2, 0) is 0 Å². The van der Waals surface area contributed by atoms with E-state index in [1.54, 1.807) is 24.3 Å². The van der Waals surface area contributed by atoms with Crippen molar-refractivity contribution in [2.24, 2.45) is 0 Å². The summed E-state index contributed by atoms with van der Waals surface area (Å²) in [7, 11) is 0. The van der Waals surface area contributed by atoms with Crippen LogP contribution in [0.15, 0.2) is 48.5 Å². The number of aromatic amines is 1. The number of H-pyrrole nitrogens is 1. The van der Waals surface area contributed by atoms with Crippen molar-refractivity contribution < 1.29 is 4.79 Å². The zero-order valence-corrected chi connectivity index (χ0v) is 14.9. The van der Waals surface area contributed by atoms with Gasteiger partial charge in [-0.05, 0) is 49.6 Å². The fourth-order valence-corrected chi connectivity index (χ4v) is 3.75. The summed E-state index contributed by atoms with van der Waals surface area (Å²) in [5.74, 6) is 1.32. The Morgan fingerprint density at radius 2 is 2.07 bits per heavy atom. The molecule has 0 aliphatic heterocycles. The van der Waals surface area contributed by atoms with Crippen LogP contribution in [0.3, 0.4) is 0 Å². The molecule has 1 saturated carbocycles. The summed E-state index contributed by atoms with van der Waals surface area (Å²) in [6, 6.07) is 16.9. The van der Waals surface area contributed by atoms with Gasteiger partial charge < -0.3 is 15.6 Å². The Bertz CT molecular complexity index is 970. The van der Waals surface area contributed by atoms with Gasteiger partial charge in [-0.3, -0.25) is 0 Å². The van der Waals surface area contributed by atoms with E-state index in [-0.39, 0.29) is 12.1 Å². The van der Waals surface area contributed by atoms with Crippen LogP contribution < -0.4 is 10.6 Å². The average Bonchev–Trinajstić information content (AvgIpc) is 3.12. The van der Waals surface area contributed by atoms with Crippen molar-refractivity contribution in [2.75, 3.05) is 5.32 Å². The second-order valence-corrected chi connectivity index (χ2v) is 6.99. The van der Waals surface area contributed by atoms with Crippen molar-refractivity contribution in [3.05, 3.63) is 59.9 Å². The van der Waals surface area contributed by atoms with Crippen LogP contribution in [0.2, 0.25) is 0 Å². The predicted octanol–water partition coefficient (Wildman–Crippen LogP) is 4.28. The van der Waals surface area contributed by atoms with Crippen LogP contribution in [0.4, 0.5) is 10.5 Å². The summed E-state index contributed by atoms with van der Waals surface area (Å²) in [5.41, 5.74) is 3.18. The molecule has 1 aliphatic carbocycles. The number of carbonyl (C=O) groups excluding carboxylic acids is 1. The van der Waals surface area contributed by atoms with Crippen molar-refractivity contribution in [3.63, 3.8) is 0 Å². The highest BCUT2D eigenvalue weighted by Crippen LogP contribution is 2.32. The number of urea groups is 1. The van der Waals surface area contributed by atoms with Crippen molar-refractivity contribution in [2.45, 2.75) is 37.6 Å². The van der Waals surface area contributed by atoms with Crippen molar-refractivity contribution >= 4 is 22.8 Å². The Balaban J connectivity index is 1.39. The number of para-hydroxylation sites is 2. The van der Waals surface area contributed by atoms with Gasteiger partial charge in [-0.2, -0.15) is 5.26 Å². The van der Waals surface area contributed by atoms with Gasteiger partial charge in [0.1, 0.15) is 5.82 Å². The minimum atomic E-state index is -0.236. The van der Waals surface area contributed by atoms with Gasteiger partial charge in [0.2, 0.25) is 0 Å². The summed E-state index contributed by atoms with van der Waals surface area (Å²) in [5, 5.41) is 14.8. The van der Waals surface area contributed by atoms with Crippen LogP contribution >= 0.6 is 0 Å². The van der Waals surface area contributed by atoms with E-state index in [4.69, 9.17) is 10.2 Å². The van der Waals surface area contributed by atoms with Crippen LogP contribution in [0, 0.1) is 11.3 Å². The summed E-state index contributed by atoms with van der Waals surface area (Å²) in [6.07, 6.45) is 3.95. The first kappa shape index (κ1) is 17.1. The fraction of sp³-hybridized carbons (Fsp3) is 0.286. The lowest BCUT2D eigenvalue weighted by Gasteiger charge is -2.28. The van der Waals surface area contributed by atoms with Gasteiger partial charge in [-0.1, -0.05) is 24.6 Å². The summed E-state index contributed by atoms with van der Waals surface area (Å²) >= 11 is 0. The Kier molecular flexibility index (Phi) is 4.75. The smallest absolute Gasteiger partial charge is 0.319 e. The molecule has 6 heteroatoms. The topological polar surface area (TPSA) is 93.6 Å². The second kappa shape index (κ2) is 7.50. The molecule has 2 amide bonds. The van der Waals surface area contributed by atoms with Gasteiger partial charge in [-0.15, -0.1) is 0 Å². The van der Waals surface area contributed by atoms with Gasteiger partial charge in [0.25, 0.3) is 0 Å². The minimum absolute atomic E-state index is 0.108. The predicted molar refractivity (Wildman–Crippen MR) is 104 cm³/mol. The molecule has 1 fully saturated rings. The highest BCUT2D eigenvalue weighted by atomic mass is 16.2. The molecule has 3 N–H and O–H groups in total. The first-order chi connectivity index (χ1) is 13.2. The van der Waals surface area contributed by atoms with Gasteiger partial charge >= 0.3 is 6.03 Å². The molecule has 1 heterocycles. The van der Waals surface area contributed by atoms with Crippen molar-refractivity contribution in [3.8, 4) is 6.07 Å². The molecule has 27 heavy (non-hydrogen) atoms. The Labute approximate surface area is 157 Å². The quantitative estimate of drug-likeness (QED) is 0.651. The molecular formula is C21H21N5O. The third-order valence-corrected chi connectivity index (χ3v) is 5.05. The number of aromatic nitrogens is 2. The molecule has 2 aromatic carbocycles. The fourth-order valence-electron chi connectivity index (χ4n) is 3.75. The normalized spacial score (nSPS) is 19.4. The third kappa shape index (κ3) is 3.93. The van der Waals surface area contributed by atoms with E-state index in [2.05, 4.69) is 21.7 Å². The van der Waals surface area contributed by atoms with Gasteiger partial charge in [0.05, 0.1) is 22.7 Å². The zero-order chi connectivity index (χ0) is 18.6. The van der Waals surface area contributed by atoms with E-state index < -0.39 is 0 Å². The summed E-state index contributed by atoms with van der Waals surface area (Å²) in [4.78, 5) is 20.5. The van der Waals surface area contributed by atoms with Gasteiger partial charge in [0, 0.05) is 17.6 Å². The number of hydrogen-bond donors (Lipinski definition) is 3. The number of rotatable bonds is 3. The number of nitrogens with one attached hydrogen (secondary N) is 3. The largest absolute Gasteiger partial charge is 0.342 e. The maximum absolute atomic E-state index is 12.3. The number of nitriles is 1. The second-order valence-electron chi connectivity index (χ2n) is 6.99. The molecule has 1 aliphatic rings. The monoisotopic (exact) mass is 359 g/mol. The van der Waals surface area contributed by atoms with Crippen LogP contribution in [-0.4, -0.2) is 22.0 Å². The molecule has 0 saturated heterocycles. The molecule has 6 nitrogen and oxygen atoms in total. The average molecular weight is 359 g/mol. The summed E-state index contributed by atoms with van der Waals surface area (Å²) in [6.45, 7) is 0. The molecule has 136 valence electrons. The first-order valence-electron chi connectivity index (χ1n) is 9.23. The summed E-state index contributed by atoms with van der Waals surface area (Å²) < 4.78 is 0. The molecule has 1 aromatic heterocycles. The number of nitrogens with zero attached hydrogens (tertiary/aromatic N) is 2. The molecule has 0 bridgehead atoms. The van der Waals surface area contributed by atoms with Crippen LogP contribution in [0.5, 0.6) is 0 Å². The maximum atomic E-state index is 12.3. The highest BCUT2D eigenvalue weighted by molar-refractivity contribution is 5.89. The Morgan fingerprint density at radius 3 is 2.93 bits per heavy atom. The standard InChI is InChI=1S/C21H21N5O/c22-13-14-5-3-7-16(11-14)23-21(27)24-17-8-4-6-15(12-17)20-25-18-9-1-2-10-19(18)26-20/h1-3,5,7,9-11,15,17H,4,6,8,12H2,(H,25,26)(H2,23,24,27)/t15-,17?/m0/s1. The van der Waals surface area contributed by atoms with Crippen LogP contribution in [0.25, 0.3) is 11.0 Å². The SMILES string of the molecule is N#Cc1cccc(NC(=O)NC2CCC[C@H](c3nc4ccccc4[nH]3)C2)c1. The number of anilines is 1. The number of carbonyl (C=O) groups is 1. The molecule has 0 spiro atoms. The number of amides is 2. The lowest BCUT2D eigenvalue weighted by Crippen LogP contribution is -2.40. The van der Waals surface area contributed by atoms with Gasteiger partial charge in [0.15, 0.2) is 0 Å². The highest BCUT2D eigenvalue weighted by Gasteiger charge is 2.26. The molecule has 3 aromatic rings. The third-order valence-electron chi connectivity index (χ3n) is 5.05. The van der Waals surface area contributed by atoms with E-state index in [1.807, 2.05) is 24.3 Å².